The highest BCUT2D eigenvalue weighted by Gasteiger charge is 2.08. The molecule has 1 N–H and O–H groups in total. The molecule has 0 aliphatic carbocycles. The van der Waals surface area contributed by atoms with E-state index >= 15 is 0 Å². The van der Waals surface area contributed by atoms with Gasteiger partial charge in [-0.2, -0.15) is 0 Å². The number of aromatic amines is 1. The van der Waals surface area contributed by atoms with Crippen LogP contribution in [0.3, 0.4) is 0 Å². The fourth-order valence-electron chi connectivity index (χ4n) is 1.78. The molecule has 2 heterocycles. The van der Waals surface area contributed by atoms with Crippen LogP contribution in [0.2, 0.25) is 0 Å². The van der Waals surface area contributed by atoms with Crippen molar-refractivity contribution in [3.05, 3.63) is 40.4 Å². The van der Waals surface area contributed by atoms with Crippen molar-refractivity contribution < 1.29 is 0 Å². The van der Waals surface area contributed by atoms with Gasteiger partial charge in [0.2, 0.25) is 0 Å². The third-order valence-corrected chi connectivity index (χ3v) is 3.47. The van der Waals surface area contributed by atoms with Gasteiger partial charge in [0.15, 0.2) is 5.43 Å². The van der Waals surface area contributed by atoms with Crippen LogP contribution in [0.25, 0.3) is 20.3 Å². The first-order valence-electron chi connectivity index (χ1n) is 4.61. The number of benzene rings is 1. The van der Waals surface area contributed by atoms with E-state index in [4.69, 9.17) is 0 Å². The second kappa shape index (κ2) is 2.90. The van der Waals surface area contributed by atoms with Gasteiger partial charge >= 0.3 is 0 Å². The van der Waals surface area contributed by atoms with Gasteiger partial charge in [-0.3, -0.25) is 4.79 Å². The van der Waals surface area contributed by atoms with E-state index in [2.05, 4.69) is 9.97 Å². The molecule has 0 spiro atoms. The molecule has 0 bridgehead atoms. The minimum Gasteiger partial charge on any atom is -0.345 e. The second-order valence-corrected chi connectivity index (χ2v) is 4.61. The number of fused-ring (bicyclic) bond motifs is 3. The van der Waals surface area contributed by atoms with Gasteiger partial charge in [-0.25, -0.2) is 4.98 Å². The molecule has 0 radical (unpaired) electrons. The Balaban J connectivity index is 2.67. The summed E-state index contributed by atoms with van der Waals surface area (Å²) in [4.78, 5) is 18.9. The van der Waals surface area contributed by atoms with Gasteiger partial charge in [-0.15, -0.1) is 11.3 Å². The normalized spacial score (nSPS) is 11.3. The van der Waals surface area contributed by atoms with Crippen molar-refractivity contribution in [2.24, 2.45) is 0 Å². The van der Waals surface area contributed by atoms with E-state index in [-0.39, 0.29) is 5.43 Å². The molecule has 2 aromatic heterocycles. The SMILES string of the molecule is Cc1cc(=O)c2c(c1)sc1cnc[nH]c12. The number of nitrogens with zero attached hydrogens (tertiary/aromatic N) is 1. The van der Waals surface area contributed by atoms with Crippen LogP contribution >= 0.6 is 11.3 Å². The predicted octanol–water partition coefficient (Wildman–Crippen LogP) is 2.45. The Morgan fingerprint density at radius 1 is 1.33 bits per heavy atom. The summed E-state index contributed by atoms with van der Waals surface area (Å²) < 4.78 is 2.05. The van der Waals surface area contributed by atoms with Crippen molar-refractivity contribution in [3.8, 4) is 0 Å². The minimum absolute atomic E-state index is 0.0821. The first kappa shape index (κ1) is 8.61. The maximum absolute atomic E-state index is 11.8. The van der Waals surface area contributed by atoms with Crippen molar-refractivity contribution >= 4 is 31.6 Å². The molecule has 0 saturated carbocycles. The van der Waals surface area contributed by atoms with Gasteiger partial charge in [0, 0.05) is 10.9 Å². The van der Waals surface area contributed by atoms with Gasteiger partial charge in [0.05, 0.1) is 21.9 Å². The fourth-order valence-corrected chi connectivity index (χ4v) is 2.94. The number of hydrogen-bond donors (Lipinski definition) is 1. The van der Waals surface area contributed by atoms with Crippen molar-refractivity contribution in [1.29, 1.82) is 0 Å². The Morgan fingerprint density at radius 3 is 3.07 bits per heavy atom. The molecule has 4 heteroatoms. The lowest BCUT2D eigenvalue weighted by Gasteiger charge is -1.91. The Hall–Kier alpha value is -1.68. The van der Waals surface area contributed by atoms with Crippen LogP contribution in [0.4, 0.5) is 0 Å². The van der Waals surface area contributed by atoms with E-state index in [0.717, 1.165) is 25.9 Å². The maximum Gasteiger partial charge on any atom is 0.189 e. The predicted molar refractivity (Wildman–Crippen MR) is 62.5 cm³/mol. The number of aryl methyl sites for hydroxylation is 1. The average Bonchev–Trinajstić information content (AvgIpc) is 2.54. The lowest BCUT2D eigenvalue weighted by Crippen LogP contribution is -1.98. The van der Waals surface area contributed by atoms with E-state index in [1.165, 1.54) is 0 Å². The van der Waals surface area contributed by atoms with Gasteiger partial charge in [0.1, 0.15) is 0 Å². The van der Waals surface area contributed by atoms with E-state index in [1.807, 2.05) is 13.0 Å². The molecular weight excluding hydrogens is 208 g/mol. The molecule has 15 heavy (non-hydrogen) atoms. The molecule has 3 nitrogen and oxygen atoms in total. The number of hydrogen-bond acceptors (Lipinski definition) is 3. The summed E-state index contributed by atoms with van der Waals surface area (Å²) in [6.45, 7) is 1.94. The lowest BCUT2D eigenvalue weighted by atomic mass is 10.2. The van der Waals surface area contributed by atoms with Crippen LogP contribution in [0.15, 0.2) is 29.5 Å². The molecule has 0 unspecified atom stereocenters. The topological polar surface area (TPSA) is 45.8 Å². The quantitative estimate of drug-likeness (QED) is 0.627. The largest absolute Gasteiger partial charge is 0.345 e. The van der Waals surface area contributed by atoms with Gasteiger partial charge < -0.3 is 4.98 Å². The number of thiophene rings is 1. The van der Waals surface area contributed by atoms with Crippen molar-refractivity contribution in [1.82, 2.24) is 9.97 Å². The van der Waals surface area contributed by atoms with Crippen LogP contribution in [-0.2, 0) is 0 Å². The molecule has 3 aromatic rings. The second-order valence-electron chi connectivity index (χ2n) is 3.53. The molecule has 0 aliphatic rings. The van der Waals surface area contributed by atoms with Gasteiger partial charge in [-0.05, 0) is 24.6 Å². The number of rotatable bonds is 0. The highest BCUT2D eigenvalue weighted by atomic mass is 32.1. The van der Waals surface area contributed by atoms with Crippen molar-refractivity contribution in [2.45, 2.75) is 6.92 Å². The summed E-state index contributed by atoms with van der Waals surface area (Å²) in [5.74, 6) is 0. The molecule has 0 atom stereocenters. The van der Waals surface area contributed by atoms with E-state index in [9.17, 15) is 4.79 Å². The van der Waals surface area contributed by atoms with Crippen LogP contribution < -0.4 is 5.43 Å². The number of H-pyrrole nitrogens is 1. The summed E-state index contributed by atoms with van der Waals surface area (Å²) >= 11 is 1.60. The van der Waals surface area contributed by atoms with Crippen molar-refractivity contribution in [3.63, 3.8) is 0 Å². The Morgan fingerprint density at radius 2 is 2.20 bits per heavy atom. The Labute approximate surface area is 89.4 Å². The average molecular weight is 216 g/mol. The molecule has 0 fully saturated rings. The van der Waals surface area contributed by atoms with E-state index < -0.39 is 0 Å². The molecule has 0 aliphatic heterocycles. The molecule has 3 rings (SSSR count). The third-order valence-electron chi connectivity index (χ3n) is 2.40. The zero-order chi connectivity index (χ0) is 10.4. The van der Waals surface area contributed by atoms with Crippen LogP contribution in [0.1, 0.15) is 5.56 Å². The van der Waals surface area contributed by atoms with Gasteiger partial charge in [-0.1, -0.05) is 0 Å². The zero-order valence-electron chi connectivity index (χ0n) is 8.07. The summed E-state index contributed by atoms with van der Waals surface area (Å²) in [5.41, 5.74) is 1.99. The molecule has 1 aromatic carbocycles. The summed E-state index contributed by atoms with van der Waals surface area (Å²) in [5, 5.41) is 0.781. The minimum atomic E-state index is 0.0821. The molecular formula is C11H8N2OS. The van der Waals surface area contributed by atoms with Crippen LogP contribution in [0, 0.1) is 6.92 Å². The smallest absolute Gasteiger partial charge is 0.189 e. The standard InChI is InChI=1S/C11H8N2OS/c1-6-2-7(14)10-8(3-6)15-9-4-12-5-13-11(9)10/h2-5H,1H3,(H,12,13). The van der Waals surface area contributed by atoms with Crippen LogP contribution in [-0.4, -0.2) is 9.97 Å². The Kier molecular flexibility index (Phi) is 1.67. The molecule has 74 valence electrons. The monoisotopic (exact) mass is 216 g/mol. The summed E-state index contributed by atoms with van der Waals surface area (Å²) in [7, 11) is 0. The summed E-state index contributed by atoms with van der Waals surface area (Å²) in [6, 6.07) is 3.71. The zero-order valence-corrected chi connectivity index (χ0v) is 8.89. The maximum atomic E-state index is 11.8. The van der Waals surface area contributed by atoms with Crippen LogP contribution in [0.5, 0.6) is 0 Å². The fraction of sp³-hybridized carbons (Fsp3) is 0.0909. The molecule has 0 saturated heterocycles. The highest BCUT2D eigenvalue weighted by molar-refractivity contribution is 7.25. The Bertz CT molecular complexity index is 711. The third kappa shape index (κ3) is 1.18. The van der Waals surface area contributed by atoms with E-state index in [1.54, 1.807) is 29.9 Å². The first-order chi connectivity index (χ1) is 7.25. The highest BCUT2D eigenvalue weighted by Crippen LogP contribution is 2.29. The molecule has 0 amide bonds. The lowest BCUT2D eigenvalue weighted by molar-refractivity contribution is 1.23. The van der Waals surface area contributed by atoms with Crippen molar-refractivity contribution in [2.75, 3.05) is 0 Å². The first-order valence-corrected chi connectivity index (χ1v) is 5.43. The number of nitrogens with one attached hydrogen (secondary N) is 1. The summed E-state index contributed by atoms with van der Waals surface area (Å²) in [6.07, 6.45) is 3.39. The number of aromatic nitrogens is 2. The van der Waals surface area contributed by atoms with E-state index in [0.29, 0.717) is 0 Å². The van der Waals surface area contributed by atoms with Gasteiger partial charge in [0.25, 0.3) is 0 Å².